The maximum Gasteiger partial charge on any atom is 0.248 e. The number of nitrogens with zero attached hydrogens (tertiary/aromatic N) is 1. The van der Waals surface area contributed by atoms with Crippen LogP contribution in [-0.4, -0.2) is 38.8 Å². The van der Waals surface area contributed by atoms with Crippen LogP contribution in [0.1, 0.15) is 19.4 Å². The molecule has 1 N–H and O–H groups in total. The quantitative estimate of drug-likeness (QED) is 0.348. The summed E-state index contributed by atoms with van der Waals surface area (Å²) in [6, 6.07) is 17.7. The molecule has 1 aromatic heterocycles. The third-order valence-corrected chi connectivity index (χ3v) is 7.67. The Morgan fingerprint density at radius 2 is 1.71 bits per heavy atom. The molecule has 0 saturated heterocycles. The summed E-state index contributed by atoms with van der Waals surface area (Å²) in [6.45, 7) is 4.42. The second kappa shape index (κ2) is 9.70. The lowest BCUT2D eigenvalue weighted by Crippen LogP contribution is -2.30. The van der Waals surface area contributed by atoms with Crippen molar-refractivity contribution in [3.05, 3.63) is 72.3 Å². The van der Waals surface area contributed by atoms with Crippen molar-refractivity contribution in [2.24, 2.45) is 0 Å². The fraction of sp³-hybridized carbons (Fsp3) is 0.192. The van der Waals surface area contributed by atoms with Gasteiger partial charge >= 0.3 is 0 Å². The predicted molar refractivity (Wildman–Crippen MR) is 134 cm³/mol. The fourth-order valence-corrected chi connectivity index (χ4v) is 5.29. The Balaban J connectivity index is 1.52. The van der Waals surface area contributed by atoms with Gasteiger partial charge in [0.1, 0.15) is 16.9 Å². The second-order valence-corrected chi connectivity index (χ2v) is 9.57. The van der Waals surface area contributed by atoms with Crippen molar-refractivity contribution < 1.29 is 22.4 Å². The third-order valence-electron chi connectivity index (χ3n) is 5.61. The summed E-state index contributed by atoms with van der Waals surface area (Å²) in [4.78, 5) is 12.8. The largest absolute Gasteiger partial charge is 0.495 e. The van der Waals surface area contributed by atoms with Gasteiger partial charge in [-0.3, -0.25) is 4.79 Å². The molecule has 4 aromatic rings. The lowest BCUT2D eigenvalue weighted by Gasteiger charge is -2.18. The number of anilines is 1. The monoisotopic (exact) mass is 478 g/mol. The standard InChI is InChI=1S/C26H26N2O5S/c1-4-28(5-2)34(30,31)19-13-10-18(11-14-19)12-15-26(29)27-22-17-24-21(16-25(22)32-3)20-8-6-7-9-23(20)33-24/h6-17H,4-5H2,1-3H3,(H,27,29)/b15-12+. The molecule has 0 radical (unpaired) electrons. The molecule has 0 unspecified atom stereocenters. The van der Waals surface area contributed by atoms with Gasteiger partial charge in [0.2, 0.25) is 15.9 Å². The SMILES string of the molecule is CCN(CC)S(=O)(=O)c1ccc(/C=C/C(=O)Nc2cc3oc4ccccc4c3cc2OC)cc1. The highest BCUT2D eigenvalue weighted by Gasteiger charge is 2.21. The number of ether oxygens (including phenoxy) is 1. The fourth-order valence-electron chi connectivity index (χ4n) is 3.83. The Kier molecular flexibility index (Phi) is 6.72. The number of sulfonamides is 1. The highest BCUT2D eigenvalue weighted by molar-refractivity contribution is 7.89. The van der Waals surface area contributed by atoms with Gasteiger partial charge in [-0.25, -0.2) is 8.42 Å². The summed E-state index contributed by atoms with van der Waals surface area (Å²) in [6.07, 6.45) is 3.01. The Morgan fingerprint density at radius 3 is 2.38 bits per heavy atom. The molecule has 176 valence electrons. The van der Waals surface area contributed by atoms with E-state index in [4.69, 9.17) is 9.15 Å². The maximum absolute atomic E-state index is 12.6. The van der Waals surface area contributed by atoms with E-state index in [9.17, 15) is 13.2 Å². The molecule has 0 atom stereocenters. The van der Waals surface area contributed by atoms with E-state index in [1.54, 1.807) is 57.4 Å². The number of carbonyl (C=O) groups excluding carboxylic acids is 1. The van der Waals surface area contributed by atoms with E-state index in [2.05, 4.69) is 5.32 Å². The molecule has 1 amide bonds. The zero-order chi connectivity index (χ0) is 24.3. The van der Waals surface area contributed by atoms with Crippen LogP contribution in [0.3, 0.4) is 0 Å². The van der Waals surface area contributed by atoms with E-state index in [1.807, 2.05) is 30.3 Å². The first kappa shape index (κ1) is 23.5. The third kappa shape index (κ3) is 4.55. The highest BCUT2D eigenvalue weighted by Crippen LogP contribution is 2.36. The van der Waals surface area contributed by atoms with Crippen LogP contribution in [0.4, 0.5) is 5.69 Å². The average Bonchev–Trinajstić information content (AvgIpc) is 3.20. The smallest absolute Gasteiger partial charge is 0.248 e. The number of rotatable bonds is 8. The number of para-hydroxylation sites is 1. The number of carbonyl (C=O) groups is 1. The molecular weight excluding hydrogens is 452 g/mol. The molecule has 0 bridgehead atoms. The van der Waals surface area contributed by atoms with Crippen molar-refractivity contribution in [3.8, 4) is 5.75 Å². The number of methoxy groups -OCH3 is 1. The molecule has 0 aliphatic carbocycles. The van der Waals surface area contributed by atoms with Crippen LogP contribution < -0.4 is 10.1 Å². The van der Waals surface area contributed by atoms with Gasteiger partial charge in [-0.2, -0.15) is 4.31 Å². The first-order valence-corrected chi connectivity index (χ1v) is 12.4. The summed E-state index contributed by atoms with van der Waals surface area (Å²) >= 11 is 0. The Morgan fingerprint density at radius 1 is 1.00 bits per heavy atom. The van der Waals surface area contributed by atoms with Gasteiger partial charge in [0, 0.05) is 36.0 Å². The van der Waals surface area contributed by atoms with Crippen LogP contribution in [0, 0.1) is 0 Å². The summed E-state index contributed by atoms with van der Waals surface area (Å²) in [5, 5.41) is 4.70. The Bertz CT molecular complexity index is 1470. The lowest BCUT2D eigenvalue weighted by molar-refractivity contribution is -0.111. The molecule has 3 aromatic carbocycles. The molecule has 8 heteroatoms. The molecule has 4 rings (SSSR count). The van der Waals surface area contributed by atoms with Gasteiger partial charge in [-0.05, 0) is 35.9 Å². The maximum atomic E-state index is 12.6. The topological polar surface area (TPSA) is 88.9 Å². The molecule has 0 aliphatic rings. The average molecular weight is 479 g/mol. The zero-order valence-corrected chi connectivity index (χ0v) is 20.1. The number of amides is 1. The predicted octanol–water partition coefficient (Wildman–Crippen LogP) is 5.28. The van der Waals surface area contributed by atoms with Crippen molar-refractivity contribution in [1.82, 2.24) is 4.31 Å². The van der Waals surface area contributed by atoms with Gasteiger partial charge in [0.15, 0.2) is 0 Å². The molecule has 1 heterocycles. The number of fused-ring (bicyclic) bond motifs is 3. The number of benzene rings is 3. The lowest BCUT2D eigenvalue weighted by atomic mass is 10.1. The molecule has 7 nitrogen and oxygen atoms in total. The van der Waals surface area contributed by atoms with E-state index in [0.29, 0.717) is 35.7 Å². The summed E-state index contributed by atoms with van der Waals surface area (Å²) in [5.41, 5.74) is 2.60. The van der Waals surface area contributed by atoms with Crippen molar-refractivity contribution >= 4 is 49.6 Å². The number of nitrogens with one attached hydrogen (secondary N) is 1. The van der Waals surface area contributed by atoms with Gasteiger partial charge in [0.05, 0.1) is 17.7 Å². The van der Waals surface area contributed by atoms with E-state index in [0.717, 1.165) is 16.4 Å². The first-order chi connectivity index (χ1) is 16.4. The van der Waals surface area contributed by atoms with Crippen LogP contribution in [-0.2, 0) is 14.8 Å². The minimum atomic E-state index is -3.52. The molecule has 0 spiro atoms. The minimum Gasteiger partial charge on any atom is -0.495 e. The van der Waals surface area contributed by atoms with E-state index >= 15 is 0 Å². The van der Waals surface area contributed by atoms with Gasteiger partial charge in [-0.15, -0.1) is 0 Å². The molecule has 34 heavy (non-hydrogen) atoms. The van der Waals surface area contributed by atoms with Crippen molar-refractivity contribution in [2.45, 2.75) is 18.7 Å². The molecule has 0 aliphatic heterocycles. The number of furan rings is 1. The van der Waals surface area contributed by atoms with Crippen LogP contribution in [0.25, 0.3) is 28.0 Å². The zero-order valence-electron chi connectivity index (χ0n) is 19.2. The minimum absolute atomic E-state index is 0.224. The molecule has 0 fully saturated rings. The summed E-state index contributed by atoms with van der Waals surface area (Å²) < 4.78 is 38.0. The second-order valence-electron chi connectivity index (χ2n) is 7.63. The number of hydrogen-bond acceptors (Lipinski definition) is 5. The van der Waals surface area contributed by atoms with Gasteiger partial charge < -0.3 is 14.5 Å². The molecule has 0 saturated carbocycles. The van der Waals surface area contributed by atoms with E-state index in [1.165, 1.54) is 10.4 Å². The number of hydrogen-bond donors (Lipinski definition) is 1. The van der Waals surface area contributed by atoms with Gasteiger partial charge in [0.25, 0.3) is 0 Å². The Hall–Kier alpha value is -3.62. The Labute approximate surface area is 198 Å². The highest BCUT2D eigenvalue weighted by atomic mass is 32.2. The van der Waals surface area contributed by atoms with Gasteiger partial charge in [-0.1, -0.05) is 44.2 Å². The normalized spacial score (nSPS) is 12.1. The molecular formula is C26H26N2O5S. The van der Waals surface area contributed by atoms with Crippen molar-refractivity contribution in [3.63, 3.8) is 0 Å². The summed E-state index contributed by atoms with van der Waals surface area (Å²) in [7, 11) is -1.97. The van der Waals surface area contributed by atoms with Crippen LogP contribution in [0.15, 0.2) is 76.1 Å². The van der Waals surface area contributed by atoms with E-state index in [-0.39, 0.29) is 10.8 Å². The van der Waals surface area contributed by atoms with Crippen molar-refractivity contribution in [1.29, 1.82) is 0 Å². The van der Waals surface area contributed by atoms with E-state index < -0.39 is 10.0 Å². The first-order valence-electron chi connectivity index (χ1n) is 11.0. The van der Waals surface area contributed by atoms with Crippen molar-refractivity contribution in [2.75, 3.05) is 25.5 Å². The van der Waals surface area contributed by atoms with Crippen LogP contribution >= 0.6 is 0 Å². The van der Waals surface area contributed by atoms with Crippen LogP contribution in [0.2, 0.25) is 0 Å². The van der Waals surface area contributed by atoms with Crippen LogP contribution in [0.5, 0.6) is 5.75 Å². The summed E-state index contributed by atoms with van der Waals surface area (Å²) in [5.74, 6) is 0.167.